The molecule has 0 aliphatic rings. The summed E-state index contributed by atoms with van der Waals surface area (Å²) in [7, 11) is 0. The first-order valence-electron chi connectivity index (χ1n) is 7.42. The molecule has 2 N–H and O–H groups in total. The van der Waals surface area contributed by atoms with E-state index in [1.165, 1.54) is 12.1 Å². The molecule has 2 aromatic rings. The van der Waals surface area contributed by atoms with Gasteiger partial charge in [-0.25, -0.2) is 4.39 Å². The molecule has 6 heteroatoms. The summed E-state index contributed by atoms with van der Waals surface area (Å²) in [6, 6.07) is 14.1. The van der Waals surface area contributed by atoms with Crippen LogP contribution in [0.5, 0.6) is 5.75 Å². The predicted octanol–water partition coefficient (Wildman–Crippen LogP) is -0.0112. The first-order chi connectivity index (χ1) is 10.7. The summed E-state index contributed by atoms with van der Waals surface area (Å²) in [5.41, 5.74) is 1.72. The predicted molar refractivity (Wildman–Crippen MR) is 90.2 cm³/mol. The van der Waals surface area contributed by atoms with Crippen LogP contribution in [-0.2, 0) is 6.61 Å². The van der Waals surface area contributed by atoms with Crippen LogP contribution in [0, 0.1) is 5.82 Å². The van der Waals surface area contributed by atoms with E-state index >= 15 is 0 Å². The van der Waals surface area contributed by atoms with Crippen molar-refractivity contribution in [3.8, 4) is 5.75 Å². The fraction of sp³-hybridized carbons (Fsp3) is 0.333. The van der Waals surface area contributed by atoms with Crippen molar-refractivity contribution in [1.29, 1.82) is 0 Å². The van der Waals surface area contributed by atoms with E-state index in [-0.39, 0.29) is 62.6 Å². The Kier molecular flexibility index (Phi) is 12.2. The molecule has 0 unspecified atom stereocenters. The molecule has 0 saturated heterocycles. The van der Waals surface area contributed by atoms with Gasteiger partial charge in [0.2, 0.25) is 0 Å². The van der Waals surface area contributed by atoms with E-state index in [1.807, 2.05) is 30.3 Å². The number of aliphatic hydroxyl groups is 2. The molecule has 2 rings (SSSR count). The molecule has 0 fully saturated rings. The van der Waals surface area contributed by atoms with E-state index in [9.17, 15) is 14.6 Å². The van der Waals surface area contributed by atoms with E-state index in [0.717, 1.165) is 5.56 Å². The van der Waals surface area contributed by atoms with Gasteiger partial charge in [0.1, 0.15) is 18.2 Å². The topological polar surface area (TPSA) is 49.7 Å². The third-order valence-electron chi connectivity index (χ3n) is 3.60. The van der Waals surface area contributed by atoms with Crippen molar-refractivity contribution in [2.24, 2.45) is 0 Å². The molecule has 3 radical (unpaired) electrons. The number of hydrogen-bond donors (Lipinski definition) is 2. The third kappa shape index (κ3) is 6.99. The molecule has 0 saturated carbocycles. The minimum Gasteiger partial charge on any atom is -1.00 e. The fourth-order valence-corrected chi connectivity index (χ4v) is 2.47. The molecule has 0 bridgehead atoms. The second-order valence-electron chi connectivity index (χ2n) is 5.18. The Morgan fingerprint density at radius 2 is 1.62 bits per heavy atom. The summed E-state index contributed by atoms with van der Waals surface area (Å²) in [6.07, 6.45) is 0.928. The first kappa shape index (κ1) is 23.2. The van der Waals surface area contributed by atoms with Crippen LogP contribution < -0.4 is 23.6 Å². The fourth-order valence-electron chi connectivity index (χ4n) is 2.47. The zero-order chi connectivity index (χ0) is 15.8. The molecule has 2 aromatic carbocycles. The van der Waals surface area contributed by atoms with Crippen LogP contribution in [0.2, 0.25) is 0 Å². The van der Waals surface area contributed by atoms with Crippen LogP contribution in [0.3, 0.4) is 0 Å². The number of rotatable bonds is 8. The Labute approximate surface area is 166 Å². The number of benzene rings is 2. The molecule has 123 valence electrons. The number of aliphatic hydroxyl groups excluding tert-OH is 2. The van der Waals surface area contributed by atoms with Gasteiger partial charge in [0.15, 0.2) is 0 Å². The van der Waals surface area contributed by atoms with Gasteiger partial charge >= 0.3 is 18.9 Å². The Bertz CT molecular complexity index is 584. The van der Waals surface area contributed by atoms with E-state index in [0.29, 0.717) is 30.8 Å². The van der Waals surface area contributed by atoms with Gasteiger partial charge in [-0.15, -0.1) is 0 Å². The van der Waals surface area contributed by atoms with Gasteiger partial charge in [-0.2, -0.15) is 0 Å². The SMILES string of the molecule is OCCC(CCO)c1cc(F)ccc1OCc1ccccc1.[Al].[H-].[Li+]. The molecule has 0 spiro atoms. The smallest absolute Gasteiger partial charge is 1.00 e. The third-order valence-corrected chi connectivity index (χ3v) is 3.60. The quantitative estimate of drug-likeness (QED) is 0.665. The van der Waals surface area contributed by atoms with Crippen molar-refractivity contribution < 1.29 is 39.6 Å². The van der Waals surface area contributed by atoms with Gasteiger partial charge in [-0.1, -0.05) is 30.3 Å². The summed E-state index contributed by atoms with van der Waals surface area (Å²) in [4.78, 5) is 0. The van der Waals surface area contributed by atoms with Gasteiger partial charge < -0.3 is 16.4 Å². The number of ether oxygens (including phenoxy) is 1. The van der Waals surface area contributed by atoms with E-state index in [2.05, 4.69) is 0 Å². The van der Waals surface area contributed by atoms with Gasteiger partial charge in [-0.05, 0) is 42.5 Å². The molecule has 0 aliphatic carbocycles. The van der Waals surface area contributed by atoms with Crippen LogP contribution in [0.15, 0.2) is 48.5 Å². The van der Waals surface area contributed by atoms with E-state index < -0.39 is 0 Å². The van der Waals surface area contributed by atoms with E-state index in [4.69, 9.17) is 4.74 Å². The van der Waals surface area contributed by atoms with Gasteiger partial charge in [-0.3, -0.25) is 0 Å². The van der Waals surface area contributed by atoms with Crippen molar-refractivity contribution in [3.05, 3.63) is 65.5 Å². The van der Waals surface area contributed by atoms with Crippen LogP contribution in [0.1, 0.15) is 31.3 Å². The van der Waals surface area contributed by atoms with Crippen molar-refractivity contribution in [1.82, 2.24) is 0 Å². The summed E-state index contributed by atoms with van der Waals surface area (Å²) < 4.78 is 19.4. The van der Waals surface area contributed by atoms with Gasteiger partial charge in [0.05, 0.1) is 0 Å². The minimum absolute atomic E-state index is 0. The molecule has 0 aliphatic heterocycles. The van der Waals surface area contributed by atoms with E-state index in [1.54, 1.807) is 6.07 Å². The summed E-state index contributed by atoms with van der Waals surface area (Å²) in [6.45, 7) is 0.364. The average molecular weight is 339 g/mol. The Hall–Kier alpha value is -0.780. The minimum atomic E-state index is -0.344. The number of halogens is 1. The summed E-state index contributed by atoms with van der Waals surface area (Å²) in [5, 5.41) is 18.4. The molecule has 0 amide bonds. The van der Waals surface area contributed by atoms with Gasteiger partial charge in [0.25, 0.3) is 0 Å². The molecule has 0 aromatic heterocycles. The van der Waals surface area contributed by atoms with Crippen molar-refractivity contribution in [2.45, 2.75) is 25.4 Å². The maximum atomic E-state index is 13.6. The number of hydrogen-bond acceptors (Lipinski definition) is 3. The normalized spacial score (nSPS) is 10.0. The Morgan fingerprint density at radius 1 is 1.00 bits per heavy atom. The molecular weight excluding hydrogens is 317 g/mol. The molecule has 3 nitrogen and oxygen atoms in total. The van der Waals surface area contributed by atoms with Crippen molar-refractivity contribution >= 4 is 17.4 Å². The second-order valence-corrected chi connectivity index (χ2v) is 5.18. The first-order valence-corrected chi connectivity index (χ1v) is 7.42. The zero-order valence-electron chi connectivity index (χ0n) is 15.0. The monoisotopic (exact) mass is 339 g/mol. The van der Waals surface area contributed by atoms with Crippen LogP contribution in [-0.4, -0.2) is 40.8 Å². The zero-order valence-corrected chi connectivity index (χ0v) is 15.1. The van der Waals surface area contributed by atoms with Gasteiger partial charge in [0, 0.05) is 36.1 Å². The molecule has 0 atom stereocenters. The van der Waals surface area contributed by atoms with Crippen LogP contribution in [0.4, 0.5) is 4.39 Å². The molecular formula is C18H22AlFLiO3. The summed E-state index contributed by atoms with van der Waals surface area (Å²) >= 11 is 0. The maximum Gasteiger partial charge on any atom is 1.00 e. The second kappa shape index (κ2) is 12.6. The average Bonchev–Trinajstić information content (AvgIpc) is 2.54. The molecule has 0 heterocycles. The Balaban J connectivity index is 0. The largest absolute Gasteiger partial charge is 1.00 e. The van der Waals surface area contributed by atoms with Crippen LogP contribution >= 0.6 is 0 Å². The van der Waals surface area contributed by atoms with Crippen LogP contribution in [0.25, 0.3) is 0 Å². The van der Waals surface area contributed by atoms with Crippen molar-refractivity contribution in [3.63, 3.8) is 0 Å². The summed E-state index contributed by atoms with van der Waals surface area (Å²) in [5.74, 6) is 0.122. The standard InChI is InChI=1S/C18H21FO3.Al.Li.H/c19-16-6-7-18(22-13-14-4-2-1-3-5-14)17(12-16)15(8-10-20)9-11-21;;;/h1-7,12,15,20-21H,8-11,13H2;;;/q;;+1;-1. The Morgan fingerprint density at radius 3 is 2.21 bits per heavy atom. The van der Waals surface area contributed by atoms with Crippen molar-refractivity contribution in [2.75, 3.05) is 13.2 Å². The maximum absolute atomic E-state index is 13.6. The molecule has 24 heavy (non-hydrogen) atoms.